The lowest BCUT2D eigenvalue weighted by Gasteiger charge is -2.26. The fourth-order valence-electron chi connectivity index (χ4n) is 2.47. The van der Waals surface area contributed by atoms with Crippen molar-refractivity contribution >= 4 is 17.9 Å². The fourth-order valence-corrected chi connectivity index (χ4v) is 2.47. The molecule has 2 rings (SSSR count). The van der Waals surface area contributed by atoms with E-state index in [1.807, 2.05) is 12.1 Å². The summed E-state index contributed by atoms with van der Waals surface area (Å²) in [6.07, 6.45) is 6.71. The molecule has 6 nitrogen and oxygen atoms in total. The molecule has 1 aliphatic heterocycles. The first-order valence-electron chi connectivity index (χ1n) is 8.10. The maximum Gasteiger partial charge on any atom is 0.255 e. The van der Waals surface area contributed by atoms with Crippen molar-refractivity contribution < 1.29 is 19.1 Å². The molecule has 6 heteroatoms. The van der Waals surface area contributed by atoms with Crippen LogP contribution in [0.1, 0.15) is 24.8 Å². The number of amides is 2. The summed E-state index contributed by atoms with van der Waals surface area (Å²) >= 11 is 0. The second kappa shape index (κ2) is 9.08. The maximum absolute atomic E-state index is 12.1. The van der Waals surface area contributed by atoms with E-state index in [0.717, 1.165) is 31.4 Å². The van der Waals surface area contributed by atoms with Gasteiger partial charge >= 0.3 is 0 Å². The zero-order chi connectivity index (χ0) is 17.4. The third-order valence-corrected chi connectivity index (χ3v) is 3.81. The van der Waals surface area contributed by atoms with Gasteiger partial charge in [-0.2, -0.15) is 0 Å². The predicted molar refractivity (Wildman–Crippen MR) is 91.4 cm³/mol. The molecule has 0 radical (unpaired) electrons. The van der Waals surface area contributed by atoms with Gasteiger partial charge in [0.05, 0.1) is 6.10 Å². The van der Waals surface area contributed by atoms with Crippen LogP contribution in [0.3, 0.4) is 0 Å². The minimum absolute atomic E-state index is 0.0572. The Balaban J connectivity index is 1.82. The molecular formula is C18H24N2O4. The topological polar surface area (TPSA) is 81.9 Å². The number of carbonyl (C=O) groups is 2. The Labute approximate surface area is 142 Å². The van der Waals surface area contributed by atoms with Gasteiger partial charge in [-0.15, -0.1) is 0 Å². The third-order valence-electron chi connectivity index (χ3n) is 3.81. The van der Waals surface area contributed by atoms with Gasteiger partial charge in [0.2, 0.25) is 5.91 Å². The predicted octanol–water partition coefficient (Wildman–Crippen LogP) is 1.59. The van der Waals surface area contributed by atoms with E-state index in [-0.39, 0.29) is 18.6 Å². The number of benzene rings is 1. The van der Waals surface area contributed by atoms with Crippen LogP contribution < -0.4 is 10.5 Å². The smallest absolute Gasteiger partial charge is 0.255 e. The van der Waals surface area contributed by atoms with Gasteiger partial charge in [0, 0.05) is 26.3 Å². The molecule has 0 saturated carbocycles. The summed E-state index contributed by atoms with van der Waals surface area (Å²) in [4.78, 5) is 24.5. The summed E-state index contributed by atoms with van der Waals surface area (Å²) < 4.78 is 10.8. The summed E-state index contributed by atoms with van der Waals surface area (Å²) in [7, 11) is 1.78. The Bertz CT molecular complexity index is 577. The van der Waals surface area contributed by atoms with E-state index in [9.17, 15) is 9.59 Å². The summed E-state index contributed by atoms with van der Waals surface area (Å²) in [5.74, 6) is -0.0170. The molecule has 2 amide bonds. The van der Waals surface area contributed by atoms with E-state index in [1.165, 1.54) is 0 Å². The van der Waals surface area contributed by atoms with Crippen molar-refractivity contribution in [1.29, 1.82) is 0 Å². The summed E-state index contributed by atoms with van der Waals surface area (Å²) in [6, 6.07) is 7.08. The van der Waals surface area contributed by atoms with Crippen LogP contribution in [0.5, 0.6) is 5.75 Å². The highest BCUT2D eigenvalue weighted by Gasteiger charge is 2.17. The molecule has 1 heterocycles. The number of nitrogens with two attached hydrogens (primary N) is 1. The van der Waals surface area contributed by atoms with Crippen LogP contribution >= 0.6 is 0 Å². The molecule has 0 unspecified atom stereocenters. The zero-order valence-electron chi connectivity index (χ0n) is 13.9. The number of likely N-dealkylation sites (N-methyl/N-ethyl adjacent to an activating group) is 1. The highest BCUT2D eigenvalue weighted by molar-refractivity contribution is 5.91. The molecule has 1 saturated heterocycles. The van der Waals surface area contributed by atoms with Crippen molar-refractivity contribution in [2.75, 3.05) is 26.8 Å². The number of primary amides is 1. The van der Waals surface area contributed by atoms with Gasteiger partial charge in [-0.3, -0.25) is 9.59 Å². The molecule has 2 N–H and O–H groups in total. The van der Waals surface area contributed by atoms with Crippen LogP contribution in [-0.2, 0) is 14.3 Å². The molecule has 0 spiro atoms. The number of hydrogen-bond acceptors (Lipinski definition) is 4. The van der Waals surface area contributed by atoms with Crippen molar-refractivity contribution in [3.8, 4) is 5.75 Å². The van der Waals surface area contributed by atoms with Gasteiger partial charge < -0.3 is 20.1 Å². The molecule has 1 aromatic carbocycles. The van der Waals surface area contributed by atoms with Gasteiger partial charge in [0.25, 0.3) is 5.91 Å². The van der Waals surface area contributed by atoms with E-state index in [0.29, 0.717) is 12.3 Å². The van der Waals surface area contributed by atoms with Gasteiger partial charge in [0.15, 0.2) is 6.61 Å². The molecular weight excluding hydrogens is 308 g/mol. The minimum Gasteiger partial charge on any atom is -0.484 e. The highest BCUT2D eigenvalue weighted by Crippen LogP contribution is 2.15. The number of hydrogen-bond donors (Lipinski definition) is 1. The van der Waals surface area contributed by atoms with Crippen LogP contribution in [0.15, 0.2) is 30.3 Å². The van der Waals surface area contributed by atoms with Gasteiger partial charge in [-0.1, -0.05) is 12.1 Å². The SMILES string of the molecule is CN(C[C@@H]1CCCCO1)C(=O)/C=C/c1ccc(OCC(N)=O)cc1. The van der Waals surface area contributed by atoms with Crippen molar-refractivity contribution in [2.24, 2.45) is 5.73 Å². The van der Waals surface area contributed by atoms with Gasteiger partial charge in [-0.25, -0.2) is 0 Å². The maximum atomic E-state index is 12.1. The van der Waals surface area contributed by atoms with Crippen LogP contribution in [0.2, 0.25) is 0 Å². The first-order valence-corrected chi connectivity index (χ1v) is 8.10. The Morgan fingerprint density at radius 2 is 2.08 bits per heavy atom. The highest BCUT2D eigenvalue weighted by atomic mass is 16.5. The average molecular weight is 332 g/mol. The van der Waals surface area contributed by atoms with E-state index in [2.05, 4.69) is 0 Å². The Morgan fingerprint density at radius 3 is 2.71 bits per heavy atom. The van der Waals surface area contributed by atoms with Crippen LogP contribution in [0.25, 0.3) is 6.08 Å². The molecule has 1 atom stereocenters. The fraction of sp³-hybridized carbons (Fsp3) is 0.444. The molecule has 1 fully saturated rings. The second-order valence-electron chi connectivity index (χ2n) is 5.86. The largest absolute Gasteiger partial charge is 0.484 e. The van der Waals surface area contributed by atoms with Crippen molar-refractivity contribution in [1.82, 2.24) is 4.90 Å². The number of carbonyl (C=O) groups excluding carboxylic acids is 2. The molecule has 0 aliphatic carbocycles. The Kier molecular flexibility index (Phi) is 6.81. The molecule has 1 aliphatic rings. The molecule has 1 aromatic rings. The van der Waals surface area contributed by atoms with Crippen LogP contribution in [0, 0.1) is 0 Å². The average Bonchev–Trinajstić information content (AvgIpc) is 2.59. The molecule has 24 heavy (non-hydrogen) atoms. The monoisotopic (exact) mass is 332 g/mol. The second-order valence-corrected chi connectivity index (χ2v) is 5.86. The van der Waals surface area contributed by atoms with E-state index in [4.69, 9.17) is 15.2 Å². The lowest BCUT2D eigenvalue weighted by atomic mass is 10.1. The van der Waals surface area contributed by atoms with Gasteiger partial charge in [-0.05, 0) is 43.0 Å². The summed E-state index contributed by atoms with van der Waals surface area (Å²) in [5.41, 5.74) is 5.89. The van der Waals surface area contributed by atoms with Crippen molar-refractivity contribution in [3.63, 3.8) is 0 Å². The van der Waals surface area contributed by atoms with Crippen LogP contribution in [0.4, 0.5) is 0 Å². The Hall–Kier alpha value is -2.34. The zero-order valence-corrected chi connectivity index (χ0v) is 13.9. The van der Waals surface area contributed by atoms with E-state index >= 15 is 0 Å². The molecule has 0 aromatic heterocycles. The van der Waals surface area contributed by atoms with Crippen molar-refractivity contribution in [3.05, 3.63) is 35.9 Å². The van der Waals surface area contributed by atoms with Gasteiger partial charge in [0.1, 0.15) is 5.75 Å². The number of nitrogens with zero attached hydrogens (tertiary/aromatic N) is 1. The molecule has 130 valence electrons. The Morgan fingerprint density at radius 1 is 1.33 bits per heavy atom. The van der Waals surface area contributed by atoms with E-state index in [1.54, 1.807) is 36.2 Å². The van der Waals surface area contributed by atoms with Crippen molar-refractivity contribution in [2.45, 2.75) is 25.4 Å². The van der Waals surface area contributed by atoms with E-state index < -0.39 is 5.91 Å². The number of rotatable bonds is 7. The lowest BCUT2D eigenvalue weighted by Crippen LogP contribution is -2.36. The summed E-state index contributed by atoms with van der Waals surface area (Å²) in [6.45, 7) is 1.25. The lowest BCUT2D eigenvalue weighted by molar-refractivity contribution is -0.127. The summed E-state index contributed by atoms with van der Waals surface area (Å²) in [5, 5.41) is 0. The minimum atomic E-state index is -0.519. The quantitative estimate of drug-likeness (QED) is 0.769. The standard InChI is InChI=1S/C18H24N2O4/c1-20(12-16-4-2-3-11-23-16)18(22)10-7-14-5-8-15(9-6-14)24-13-17(19)21/h5-10,16H,2-4,11-13H2,1H3,(H2,19,21)/b10-7+/t16-/m0/s1. The van der Waals surface area contributed by atoms with Crippen LogP contribution in [-0.4, -0.2) is 49.6 Å². The first-order chi connectivity index (χ1) is 11.5. The first kappa shape index (κ1) is 18.0. The normalized spacial score (nSPS) is 17.6. The number of ether oxygens (including phenoxy) is 2. The third kappa shape index (κ3) is 6.04. The molecule has 0 bridgehead atoms.